The van der Waals surface area contributed by atoms with Gasteiger partial charge in [0.2, 0.25) is 5.88 Å². The van der Waals surface area contributed by atoms with Crippen LogP contribution in [0.4, 0.5) is 0 Å². The molecule has 0 amide bonds. The van der Waals surface area contributed by atoms with E-state index in [2.05, 4.69) is 9.97 Å². The van der Waals surface area contributed by atoms with Crippen LogP contribution in [0.15, 0.2) is 18.3 Å². The SMILES string of the molecule is COc1ccc2c(C)c[nH]c2n1. The van der Waals surface area contributed by atoms with Crippen molar-refractivity contribution in [2.45, 2.75) is 6.92 Å². The van der Waals surface area contributed by atoms with Crippen LogP contribution < -0.4 is 4.74 Å². The predicted molar refractivity (Wildman–Crippen MR) is 47.4 cm³/mol. The maximum Gasteiger partial charge on any atom is 0.214 e. The van der Waals surface area contributed by atoms with Crippen molar-refractivity contribution in [1.29, 1.82) is 0 Å². The van der Waals surface area contributed by atoms with Gasteiger partial charge < -0.3 is 9.72 Å². The van der Waals surface area contributed by atoms with Crippen molar-refractivity contribution >= 4 is 11.0 Å². The van der Waals surface area contributed by atoms with Crippen LogP contribution in [0, 0.1) is 6.92 Å². The normalized spacial score (nSPS) is 10.5. The number of nitrogens with one attached hydrogen (secondary N) is 1. The van der Waals surface area contributed by atoms with Crippen molar-refractivity contribution in [3.63, 3.8) is 0 Å². The summed E-state index contributed by atoms with van der Waals surface area (Å²) in [6.45, 7) is 2.05. The molecule has 0 aliphatic rings. The molecule has 0 aliphatic carbocycles. The van der Waals surface area contributed by atoms with E-state index in [9.17, 15) is 0 Å². The quantitative estimate of drug-likeness (QED) is 0.695. The van der Waals surface area contributed by atoms with E-state index in [0.717, 1.165) is 11.0 Å². The Morgan fingerprint density at radius 2 is 2.25 bits per heavy atom. The number of ether oxygens (including phenoxy) is 1. The number of aromatic nitrogens is 2. The summed E-state index contributed by atoms with van der Waals surface area (Å²) in [5.74, 6) is 0.643. The number of hydrogen-bond donors (Lipinski definition) is 1. The maximum atomic E-state index is 5.00. The second-order valence-corrected chi connectivity index (χ2v) is 2.72. The van der Waals surface area contributed by atoms with Crippen molar-refractivity contribution in [3.8, 4) is 5.88 Å². The molecule has 2 aromatic heterocycles. The molecular weight excluding hydrogens is 152 g/mol. The smallest absolute Gasteiger partial charge is 0.214 e. The van der Waals surface area contributed by atoms with E-state index < -0.39 is 0 Å². The van der Waals surface area contributed by atoms with E-state index in [1.807, 2.05) is 25.3 Å². The van der Waals surface area contributed by atoms with Crippen LogP contribution in [0.5, 0.6) is 5.88 Å². The Kier molecular flexibility index (Phi) is 1.50. The molecule has 0 fully saturated rings. The number of H-pyrrole nitrogens is 1. The van der Waals surface area contributed by atoms with Gasteiger partial charge >= 0.3 is 0 Å². The van der Waals surface area contributed by atoms with Gasteiger partial charge in [0.15, 0.2) is 0 Å². The summed E-state index contributed by atoms with van der Waals surface area (Å²) in [4.78, 5) is 7.31. The first-order chi connectivity index (χ1) is 5.81. The van der Waals surface area contributed by atoms with Crippen LogP contribution in [0.1, 0.15) is 5.56 Å². The summed E-state index contributed by atoms with van der Waals surface area (Å²) >= 11 is 0. The zero-order valence-electron chi connectivity index (χ0n) is 7.09. The van der Waals surface area contributed by atoms with E-state index in [-0.39, 0.29) is 0 Å². The Hall–Kier alpha value is -1.51. The molecule has 0 atom stereocenters. The first-order valence-electron chi connectivity index (χ1n) is 3.80. The summed E-state index contributed by atoms with van der Waals surface area (Å²) in [7, 11) is 1.62. The Bertz CT molecular complexity index is 406. The molecule has 3 nitrogen and oxygen atoms in total. The third-order valence-corrected chi connectivity index (χ3v) is 1.93. The van der Waals surface area contributed by atoms with Gasteiger partial charge in [0.1, 0.15) is 5.65 Å². The highest BCUT2D eigenvalue weighted by Crippen LogP contribution is 2.18. The molecule has 2 heterocycles. The van der Waals surface area contributed by atoms with Crippen molar-refractivity contribution in [1.82, 2.24) is 9.97 Å². The summed E-state index contributed by atoms with van der Waals surface area (Å²) in [5.41, 5.74) is 2.09. The van der Waals surface area contributed by atoms with Gasteiger partial charge in [0.25, 0.3) is 0 Å². The van der Waals surface area contributed by atoms with Crippen molar-refractivity contribution in [2.75, 3.05) is 7.11 Å². The minimum atomic E-state index is 0.643. The van der Waals surface area contributed by atoms with Gasteiger partial charge in [-0.05, 0) is 18.6 Å². The highest BCUT2D eigenvalue weighted by molar-refractivity contribution is 5.79. The first-order valence-corrected chi connectivity index (χ1v) is 3.80. The fraction of sp³-hybridized carbons (Fsp3) is 0.222. The monoisotopic (exact) mass is 162 g/mol. The number of aromatic amines is 1. The van der Waals surface area contributed by atoms with Crippen LogP contribution in [0.3, 0.4) is 0 Å². The molecule has 0 radical (unpaired) electrons. The number of nitrogens with zero attached hydrogens (tertiary/aromatic N) is 1. The van der Waals surface area contributed by atoms with E-state index in [4.69, 9.17) is 4.74 Å². The number of pyridine rings is 1. The summed E-state index contributed by atoms with van der Waals surface area (Å²) in [6.07, 6.45) is 1.94. The lowest BCUT2D eigenvalue weighted by molar-refractivity contribution is 0.399. The molecular formula is C9H10N2O. The first kappa shape index (κ1) is 7.16. The molecule has 1 N–H and O–H groups in total. The average molecular weight is 162 g/mol. The number of rotatable bonds is 1. The van der Waals surface area contributed by atoms with Gasteiger partial charge in [0, 0.05) is 17.6 Å². The Labute approximate surface area is 70.4 Å². The molecule has 0 aliphatic heterocycles. The third kappa shape index (κ3) is 0.942. The molecule has 0 saturated heterocycles. The fourth-order valence-corrected chi connectivity index (χ4v) is 1.24. The van der Waals surface area contributed by atoms with Crippen LogP contribution in [0.25, 0.3) is 11.0 Å². The molecule has 0 saturated carbocycles. The second-order valence-electron chi connectivity index (χ2n) is 2.72. The van der Waals surface area contributed by atoms with Gasteiger partial charge in [-0.25, -0.2) is 0 Å². The van der Waals surface area contributed by atoms with Crippen LogP contribution in [-0.2, 0) is 0 Å². The zero-order valence-corrected chi connectivity index (χ0v) is 7.09. The standard InChI is InChI=1S/C9H10N2O/c1-6-5-10-9-7(6)3-4-8(11-9)12-2/h3-5H,1-2H3,(H,10,11). The van der Waals surface area contributed by atoms with Crippen molar-refractivity contribution in [2.24, 2.45) is 0 Å². The fourth-order valence-electron chi connectivity index (χ4n) is 1.24. The Balaban J connectivity index is 2.69. The molecule has 0 spiro atoms. The minimum absolute atomic E-state index is 0.643. The highest BCUT2D eigenvalue weighted by Gasteiger charge is 2.01. The van der Waals surface area contributed by atoms with E-state index in [1.165, 1.54) is 5.56 Å². The van der Waals surface area contributed by atoms with Gasteiger partial charge in [-0.15, -0.1) is 0 Å². The van der Waals surface area contributed by atoms with Gasteiger partial charge in [-0.3, -0.25) is 0 Å². The average Bonchev–Trinajstić information content (AvgIpc) is 2.47. The predicted octanol–water partition coefficient (Wildman–Crippen LogP) is 1.88. The van der Waals surface area contributed by atoms with E-state index in [1.54, 1.807) is 7.11 Å². The van der Waals surface area contributed by atoms with Crippen LogP contribution in [-0.4, -0.2) is 17.1 Å². The number of methoxy groups -OCH3 is 1. The van der Waals surface area contributed by atoms with Crippen molar-refractivity contribution in [3.05, 3.63) is 23.9 Å². The van der Waals surface area contributed by atoms with E-state index >= 15 is 0 Å². The van der Waals surface area contributed by atoms with E-state index in [0.29, 0.717) is 5.88 Å². The van der Waals surface area contributed by atoms with Gasteiger partial charge in [-0.2, -0.15) is 4.98 Å². The topological polar surface area (TPSA) is 37.9 Å². The maximum absolute atomic E-state index is 5.00. The molecule has 2 aromatic rings. The molecule has 0 aromatic carbocycles. The minimum Gasteiger partial charge on any atom is -0.481 e. The lowest BCUT2D eigenvalue weighted by Crippen LogP contribution is -1.86. The summed E-state index contributed by atoms with van der Waals surface area (Å²) in [6, 6.07) is 3.87. The van der Waals surface area contributed by atoms with Gasteiger partial charge in [-0.1, -0.05) is 0 Å². The van der Waals surface area contributed by atoms with Gasteiger partial charge in [0.05, 0.1) is 7.11 Å². The lowest BCUT2D eigenvalue weighted by Gasteiger charge is -1.96. The molecule has 0 bridgehead atoms. The lowest BCUT2D eigenvalue weighted by atomic mass is 10.2. The second kappa shape index (κ2) is 2.52. The Morgan fingerprint density at radius 3 is 3.00 bits per heavy atom. The van der Waals surface area contributed by atoms with Crippen LogP contribution >= 0.6 is 0 Å². The third-order valence-electron chi connectivity index (χ3n) is 1.93. The zero-order chi connectivity index (χ0) is 8.55. The number of aryl methyl sites for hydroxylation is 1. The number of fused-ring (bicyclic) bond motifs is 1. The molecule has 0 unspecified atom stereocenters. The highest BCUT2D eigenvalue weighted by atomic mass is 16.5. The molecule has 3 heteroatoms. The van der Waals surface area contributed by atoms with Crippen molar-refractivity contribution < 1.29 is 4.74 Å². The van der Waals surface area contributed by atoms with Crippen LogP contribution in [0.2, 0.25) is 0 Å². The summed E-state index contributed by atoms with van der Waals surface area (Å²) in [5, 5.41) is 1.15. The largest absolute Gasteiger partial charge is 0.481 e. The summed E-state index contributed by atoms with van der Waals surface area (Å²) < 4.78 is 5.00. The number of hydrogen-bond acceptors (Lipinski definition) is 2. The Morgan fingerprint density at radius 1 is 1.42 bits per heavy atom. The molecule has 62 valence electrons. The molecule has 12 heavy (non-hydrogen) atoms. The molecule has 2 rings (SSSR count).